The third-order valence-corrected chi connectivity index (χ3v) is 5.18. The molecule has 2 N–H and O–H groups in total. The summed E-state index contributed by atoms with van der Waals surface area (Å²) >= 11 is 7.62. The number of benzene rings is 1. The Morgan fingerprint density at radius 2 is 2.04 bits per heavy atom. The number of hydrogen-bond acceptors (Lipinski definition) is 5. The van der Waals surface area contributed by atoms with Crippen LogP contribution in [0.3, 0.4) is 0 Å². The van der Waals surface area contributed by atoms with Crippen molar-refractivity contribution < 1.29 is 19.2 Å². The first-order valence-corrected chi connectivity index (χ1v) is 8.90. The van der Waals surface area contributed by atoms with Gasteiger partial charge in [0.1, 0.15) is 11.2 Å². The average Bonchev–Trinajstić information content (AvgIpc) is 3.06. The number of hydrogen-bond donors (Lipinski definition) is 2. The minimum absolute atomic E-state index is 0.0242. The summed E-state index contributed by atoms with van der Waals surface area (Å²) < 4.78 is 5.08. The van der Waals surface area contributed by atoms with Gasteiger partial charge in [-0.3, -0.25) is 4.79 Å². The Morgan fingerprint density at radius 1 is 1.29 bits per heavy atom. The predicted molar refractivity (Wildman–Crippen MR) is 91.3 cm³/mol. The minimum atomic E-state index is -1.24. The number of nitrogens with zero attached hydrogens (tertiary/aromatic N) is 1. The molecule has 2 aromatic rings. The van der Waals surface area contributed by atoms with Crippen molar-refractivity contribution in [2.24, 2.45) is 0 Å². The van der Waals surface area contributed by atoms with E-state index in [0.29, 0.717) is 40.6 Å². The number of carboxylic acids is 1. The van der Waals surface area contributed by atoms with Crippen LogP contribution in [0.4, 0.5) is 0 Å². The molecule has 0 atom stereocenters. The zero-order valence-corrected chi connectivity index (χ0v) is 14.2. The lowest BCUT2D eigenvalue weighted by molar-refractivity contribution is -0.144. The molecule has 3 rings (SSSR count). The number of carboxylic acid groups (broad SMARTS) is 1. The third kappa shape index (κ3) is 3.42. The van der Waals surface area contributed by atoms with Gasteiger partial charge in [-0.25, -0.2) is 4.79 Å². The molecule has 0 aliphatic carbocycles. The number of amides is 1. The number of aromatic nitrogens is 1. The van der Waals surface area contributed by atoms with Crippen LogP contribution in [0.5, 0.6) is 0 Å². The molecule has 1 fully saturated rings. The second-order valence-electron chi connectivity index (χ2n) is 5.54. The second-order valence-corrected chi connectivity index (χ2v) is 7.20. The Kier molecular flexibility index (Phi) is 4.82. The molecule has 1 aromatic heterocycles. The van der Waals surface area contributed by atoms with Crippen LogP contribution in [0.1, 0.15) is 23.4 Å². The highest BCUT2D eigenvalue weighted by Gasteiger charge is 2.42. The van der Waals surface area contributed by atoms with Gasteiger partial charge in [-0.15, -0.1) is 0 Å². The largest absolute Gasteiger partial charge is 0.480 e. The molecule has 6 nitrogen and oxygen atoms in total. The maximum Gasteiger partial charge on any atom is 0.329 e. The van der Waals surface area contributed by atoms with Crippen LogP contribution < -0.4 is 5.32 Å². The van der Waals surface area contributed by atoms with Gasteiger partial charge in [0, 0.05) is 16.7 Å². The van der Waals surface area contributed by atoms with Gasteiger partial charge in [0.15, 0.2) is 0 Å². The number of rotatable bonds is 4. The summed E-state index contributed by atoms with van der Waals surface area (Å²) in [6.07, 6.45) is 0.766. The van der Waals surface area contributed by atoms with E-state index in [1.807, 2.05) is 0 Å². The third-order valence-electron chi connectivity index (χ3n) is 3.96. The number of halogens is 1. The zero-order valence-electron chi connectivity index (χ0n) is 12.6. The van der Waals surface area contributed by atoms with Crippen LogP contribution in [-0.2, 0) is 4.79 Å². The number of carbonyl (C=O) groups is 2. The standard InChI is InChI=1S/C16H15ClN2O4S/c17-11-3-1-2-10(8-11)12-9-13(23-19-12)14(20)18-16(15(21)22)4-6-24-7-5-16/h1-3,8-9H,4-7H2,(H,18,20)(H,21,22). The van der Waals surface area contributed by atoms with Crippen molar-refractivity contribution in [1.82, 2.24) is 10.5 Å². The smallest absolute Gasteiger partial charge is 0.329 e. The molecular formula is C16H15ClN2O4S. The van der Waals surface area contributed by atoms with Gasteiger partial charge in [0.25, 0.3) is 5.91 Å². The zero-order chi connectivity index (χ0) is 17.2. The monoisotopic (exact) mass is 366 g/mol. The van der Waals surface area contributed by atoms with Crippen LogP contribution in [-0.4, -0.2) is 39.2 Å². The number of nitrogens with one attached hydrogen (secondary N) is 1. The average molecular weight is 367 g/mol. The number of aliphatic carboxylic acids is 1. The summed E-state index contributed by atoms with van der Waals surface area (Å²) in [7, 11) is 0. The Labute approximate surface area is 147 Å². The van der Waals surface area contributed by atoms with Crippen LogP contribution in [0.2, 0.25) is 5.02 Å². The Hall–Kier alpha value is -1.99. The molecule has 0 unspecified atom stereocenters. The Bertz CT molecular complexity index is 771. The molecule has 0 radical (unpaired) electrons. The molecule has 126 valence electrons. The van der Waals surface area contributed by atoms with Crippen LogP contribution in [0, 0.1) is 0 Å². The van der Waals surface area contributed by atoms with Crippen LogP contribution in [0.25, 0.3) is 11.3 Å². The van der Waals surface area contributed by atoms with Gasteiger partial charge in [0.2, 0.25) is 5.76 Å². The summed E-state index contributed by atoms with van der Waals surface area (Å²) in [5.74, 6) is -0.243. The normalized spacial score (nSPS) is 16.5. The fourth-order valence-electron chi connectivity index (χ4n) is 2.56. The van der Waals surface area contributed by atoms with Crippen LogP contribution >= 0.6 is 23.4 Å². The quantitative estimate of drug-likeness (QED) is 0.863. The lowest BCUT2D eigenvalue weighted by Gasteiger charge is -2.33. The summed E-state index contributed by atoms with van der Waals surface area (Å²) in [5.41, 5.74) is -0.0655. The maximum absolute atomic E-state index is 12.4. The van der Waals surface area contributed by atoms with E-state index in [1.165, 1.54) is 6.07 Å². The molecule has 8 heteroatoms. The Balaban J connectivity index is 1.79. The van der Waals surface area contributed by atoms with E-state index >= 15 is 0 Å². The number of thioether (sulfide) groups is 1. The molecule has 0 bridgehead atoms. The molecule has 0 saturated carbocycles. The SMILES string of the molecule is O=C(NC1(C(=O)O)CCSCC1)c1cc(-c2cccc(Cl)c2)no1. The van der Waals surface area contributed by atoms with E-state index in [2.05, 4.69) is 10.5 Å². The second kappa shape index (κ2) is 6.86. The first-order valence-electron chi connectivity index (χ1n) is 7.36. The lowest BCUT2D eigenvalue weighted by Crippen LogP contribution is -2.56. The fourth-order valence-corrected chi connectivity index (χ4v) is 3.94. The minimum Gasteiger partial charge on any atom is -0.480 e. The van der Waals surface area contributed by atoms with Gasteiger partial charge < -0.3 is 14.9 Å². The summed E-state index contributed by atoms with van der Waals surface area (Å²) in [5, 5.41) is 16.5. The van der Waals surface area contributed by atoms with Gasteiger partial charge in [-0.1, -0.05) is 28.9 Å². The summed E-state index contributed by atoms with van der Waals surface area (Å²) in [6, 6.07) is 8.48. The van der Waals surface area contributed by atoms with E-state index in [-0.39, 0.29) is 5.76 Å². The number of carbonyl (C=O) groups excluding carboxylic acids is 1. The summed E-state index contributed by atoms with van der Waals surface area (Å²) in [4.78, 5) is 24.0. The predicted octanol–water partition coefficient (Wildman–Crippen LogP) is 3.08. The Morgan fingerprint density at radius 3 is 2.71 bits per heavy atom. The van der Waals surface area contributed by atoms with Crippen molar-refractivity contribution in [3.05, 3.63) is 41.1 Å². The highest BCUT2D eigenvalue weighted by molar-refractivity contribution is 7.99. The van der Waals surface area contributed by atoms with Gasteiger partial charge in [-0.2, -0.15) is 11.8 Å². The molecule has 0 spiro atoms. The van der Waals surface area contributed by atoms with E-state index in [9.17, 15) is 14.7 Å². The van der Waals surface area contributed by atoms with Gasteiger partial charge in [0.05, 0.1) is 0 Å². The molecule has 24 heavy (non-hydrogen) atoms. The van der Waals surface area contributed by atoms with Gasteiger partial charge >= 0.3 is 5.97 Å². The fraction of sp³-hybridized carbons (Fsp3) is 0.312. The summed E-state index contributed by atoms with van der Waals surface area (Å²) in [6.45, 7) is 0. The molecular weight excluding hydrogens is 352 g/mol. The van der Waals surface area contributed by atoms with Crippen molar-refractivity contribution in [3.8, 4) is 11.3 Å². The molecule has 1 aliphatic rings. The highest BCUT2D eigenvalue weighted by Crippen LogP contribution is 2.28. The topological polar surface area (TPSA) is 92.4 Å². The molecule has 1 aromatic carbocycles. The van der Waals surface area contributed by atoms with Crippen LogP contribution in [0.15, 0.2) is 34.9 Å². The first kappa shape index (κ1) is 16.9. The van der Waals surface area contributed by atoms with Gasteiger partial charge in [-0.05, 0) is 36.5 Å². The molecule has 1 saturated heterocycles. The molecule has 2 heterocycles. The van der Waals surface area contributed by atoms with E-state index in [4.69, 9.17) is 16.1 Å². The lowest BCUT2D eigenvalue weighted by atomic mass is 9.92. The van der Waals surface area contributed by atoms with E-state index in [1.54, 1.807) is 36.0 Å². The van der Waals surface area contributed by atoms with E-state index in [0.717, 1.165) is 0 Å². The van der Waals surface area contributed by atoms with Crippen molar-refractivity contribution in [2.75, 3.05) is 11.5 Å². The van der Waals surface area contributed by atoms with Crippen molar-refractivity contribution in [1.29, 1.82) is 0 Å². The van der Waals surface area contributed by atoms with Crippen molar-refractivity contribution in [2.45, 2.75) is 18.4 Å². The highest BCUT2D eigenvalue weighted by atomic mass is 35.5. The first-order chi connectivity index (χ1) is 11.5. The van der Waals surface area contributed by atoms with Crippen molar-refractivity contribution >= 4 is 35.2 Å². The molecule has 1 amide bonds. The maximum atomic E-state index is 12.4. The van der Waals surface area contributed by atoms with Crippen molar-refractivity contribution in [3.63, 3.8) is 0 Å². The van der Waals surface area contributed by atoms with E-state index < -0.39 is 17.4 Å². The molecule has 1 aliphatic heterocycles.